The Hall–Kier alpha value is -0.413. The zero-order valence-electron chi connectivity index (χ0n) is 16.9. The van der Waals surface area contributed by atoms with Crippen LogP contribution in [0.2, 0.25) is 19.6 Å². The number of carbonyl (C=O) groups is 1. The highest BCUT2D eigenvalue weighted by molar-refractivity contribution is 6.69. The van der Waals surface area contributed by atoms with E-state index in [4.69, 9.17) is 4.43 Å². The second-order valence-electron chi connectivity index (χ2n) is 10.8. The lowest BCUT2D eigenvalue weighted by molar-refractivity contribution is -0.131. The molecule has 2 nitrogen and oxygen atoms in total. The minimum atomic E-state index is -1.46. The third kappa shape index (κ3) is 2.81. The largest absolute Gasteiger partial charge is 0.414 e. The molecule has 0 spiro atoms. The van der Waals surface area contributed by atoms with Gasteiger partial charge in [-0.3, -0.25) is 4.79 Å². The van der Waals surface area contributed by atoms with Crippen molar-refractivity contribution in [2.75, 3.05) is 0 Å². The van der Waals surface area contributed by atoms with Crippen LogP contribution < -0.4 is 0 Å². The molecule has 0 heterocycles. The van der Waals surface area contributed by atoms with E-state index in [0.717, 1.165) is 37.5 Å². The summed E-state index contributed by atoms with van der Waals surface area (Å²) in [6.07, 6.45) is 12.3. The number of hydrogen-bond donors (Lipinski definition) is 0. The van der Waals surface area contributed by atoms with Crippen LogP contribution in [0.1, 0.15) is 65.2 Å². The molecule has 0 bridgehead atoms. The van der Waals surface area contributed by atoms with Crippen LogP contribution in [0, 0.1) is 28.6 Å². The number of Topliss-reactive ketones (excluding diaryl/α,β-unsaturated/α-hetero) is 1. The molecule has 6 atom stereocenters. The maximum atomic E-state index is 12.5. The molecule has 3 fully saturated rings. The lowest BCUT2D eigenvalue weighted by atomic mass is 9.48. The van der Waals surface area contributed by atoms with E-state index in [2.05, 4.69) is 39.6 Å². The molecule has 0 aliphatic heterocycles. The Morgan fingerprint density at radius 2 is 1.72 bits per heavy atom. The number of fused-ring (bicyclic) bond motifs is 5. The highest BCUT2D eigenvalue weighted by atomic mass is 28.4. The van der Waals surface area contributed by atoms with E-state index >= 15 is 0 Å². The molecule has 0 aromatic carbocycles. The van der Waals surface area contributed by atoms with Gasteiger partial charge in [0.15, 0.2) is 8.32 Å². The van der Waals surface area contributed by atoms with Crippen LogP contribution in [0.25, 0.3) is 0 Å². The zero-order valence-corrected chi connectivity index (χ0v) is 17.9. The highest BCUT2D eigenvalue weighted by Crippen LogP contribution is 2.64. The van der Waals surface area contributed by atoms with Gasteiger partial charge in [-0.25, -0.2) is 0 Å². The molecule has 3 saturated carbocycles. The molecule has 0 aromatic rings. The van der Waals surface area contributed by atoms with Crippen LogP contribution >= 0.6 is 0 Å². The van der Waals surface area contributed by atoms with Crippen molar-refractivity contribution < 1.29 is 9.22 Å². The van der Waals surface area contributed by atoms with Gasteiger partial charge in [-0.05, 0) is 87.8 Å². The predicted molar refractivity (Wildman–Crippen MR) is 105 cm³/mol. The molecular formula is C22H36O2Si. The van der Waals surface area contributed by atoms with Gasteiger partial charge in [-0.15, -0.1) is 0 Å². The lowest BCUT2D eigenvalue weighted by Gasteiger charge is -2.57. The molecule has 6 unspecified atom stereocenters. The Bertz CT molecular complexity index is 604. The molecule has 0 radical (unpaired) electrons. The van der Waals surface area contributed by atoms with Crippen molar-refractivity contribution in [1.29, 1.82) is 0 Å². The van der Waals surface area contributed by atoms with Crippen molar-refractivity contribution in [3.8, 4) is 0 Å². The van der Waals surface area contributed by atoms with Crippen molar-refractivity contribution in [1.82, 2.24) is 0 Å². The van der Waals surface area contributed by atoms with Crippen molar-refractivity contribution >= 4 is 14.1 Å². The first-order valence-corrected chi connectivity index (χ1v) is 13.9. The summed E-state index contributed by atoms with van der Waals surface area (Å²) >= 11 is 0. The molecule has 0 N–H and O–H groups in total. The fraction of sp³-hybridized carbons (Fsp3) is 0.864. The molecule has 4 aliphatic carbocycles. The number of allylic oxidation sites excluding steroid dienone is 1. The Morgan fingerprint density at radius 3 is 2.44 bits per heavy atom. The first-order valence-electron chi connectivity index (χ1n) is 10.5. The summed E-state index contributed by atoms with van der Waals surface area (Å²) in [5.74, 6) is 2.74. The van der Waals surface area contributed by atoms with Crippen LogP contribution in [0.3, 0.4) is 0 Å². The Labute approximate surface area is 154 Å². The molecule has 4 aliphatic rings. The average Bonchev–Trinajstić information content (AvgIpc) is 2.82. The third-order valence-corrected chi connectivity index (χ3v) is 9.33. The fourth-order valence-corrected chi connectivity index (χ4v) is 8.20. The molecule has 0 saturated heterocycles. The summed E-state index contributed by atoms with van der Waals surface area (Å²) in [5.41, 5.74) is 2.06. The van der Waals surface area contributed by atoms with Crippen molar-refractivity contribution in [3.05, 3.63) is 11.6 Å². The van der Waals surface area contributed by atoms with E-state index in [0.29, 0.717) is 23.2 Å². The van der Waals surface area contributed by atoms with Gasteiger partial charge in [0.1, 0.15) is 5.78 Å². The summed E-state index contributed by atoms with van der Waals surface area (Å²) < 4.78 is 6.46. The van der Waals surface area contributed by atoms with E-state index in [1.165, 1.54) is 25.7 Å². The van der Waals surface area contributed by atoms with Gasteiger partial charge in [0.05, 0.1) is 0 Å². The van der Waals surface area contributed by atoms with Gasteiger partial charge >= 0.3 is 0 Å². The smallest absolute Gasteiger partial charge is 0.184 e. The van der Waals surface area contributed by atoms with Crippen molar-refractivity contribution in [3.63, 3.8) is 0 Å². The summed E-state index contributed by atoms with van der Waals surface area (Å²) in [5, 5.41) is 0. The van der Waals surface area contributed by atoms with Gasteiger partial charge in [-0.2, -0.15) is 0 Å². The third-order valence-electron chi connectivity index (χ3n) is 8.29. The first-order chi connectivity index (χ1) is 11.6. The van der Waals surface area contributed by atoms with E-state index in [1.807, 2.05) is 0 Å². The summed E-state index contributed by atoms with van der Waals surface area (Å²) in [7, 11) is -1.46. The molecule has 4 rings (SSSR count). The van der Waals surface area contributed by atoms with Crippen LogP contribution in [-0.2, 0) is 9.22 Å². The van der Waals surface area contributed by atoms with Crippen molar-refractivity contribution in [2.45, 2.75) is 91.0 Å². The van der Waals surface area contributed by atoms with E-state index in [9.17, 15) is 4.79 Å². The topological polar surface area (TPSA) is 26.3 Å². The summed E-state index contributed by atoms with van der Waals surface area (Å²) in [6, 6.07) is 0. The van der Waals surface area contributed by atoms with E-state index in [1.54, 1.807) is 5.57 Å². The molecule has 0 amide bonds. The zero-order chi connectivity index (χ0) is 18.0. The SMILES string of the molecule is CC12CCC3C(CC=C4CC(O[Si](C)(C)C)CCC43C)C1CCC2=O. The Kier molecular flexibility index (Phi) is 4.16. The number of ketones is 1. The molecule has 25 heavy (non-hydrogen) atoms. The monoisotopic (exact) mass is 360 g/mol. The quantitative estimate of drug-likeness (QED) is 0.464. The van der Waals surface area contributed by atoms with Gasteiger partial charge in [0.25, 0.3) is 0 Å². The average molecular weight is 361 g/mol. The minimum absolute atomic E-state index is 0.00101. The maximum Gasteiger partial charge on any atom is 0.184 e. The van der Waals surface area contributed by atoms with Crippen LogP contribution in [0.4, 0.5) is 0 Å². The van der Waals surface area contributed by atoms with Gasteiger partial charge in [0.2, 0.25) is 0 Å². The summed E-state index contributed by atoms with van der Waals surface area (Å²) in [6.45, 7) is 11.8. The summed E-state index contributed by atoms with van der Waals surface area (Å²) in [4.78, 5) is 12.5. The minimum Gasteiger partial charge on any atom is -0.414 e. The van der Waals surface area contributed by atoms with Gasteiger partial charge in [0, 0.05) is 17.9 Å². The molecule has 0 aromatic heterocycles. The Morgan fingerprint density at radius 1 is 1.04 bits per heavy atom. The maximum absolute atomic E-state index is 12.5. The second-order valence-corrected chi connectivity index (χ2v) is 15.2. The standard InChI is InChI=1S/C22H36O2Si/c1-21-12-10-16(24-25(3,4)5)14-15(21)6-7-17-18-8-9-20(23)22(18,2)13-11-19(17)21/h6,16-19H,7-14H2,1-5H3. The number of carbonyl (C=O) groups excluding carboxylic acids is 1. The fourth-order valence-electron chi connectivity index (χ4n) is 7.00. The predicted octanol–water partition coefficient (Wildman–Crippen LogP) is 5.74. The normalized spacial score (nSPS) is 46.9. The van der Waals surface area contributed by atoms with Crippen LogP contribution in [0.15, 0.2) is 11.6 Å². The van der Waals surface area contributed by atoms with Crippen LogP contribution in [0.5, 0.6) is 0 Å². The molecular weight excluding hydrogens is 324 g/mol. The second kappa shape index (κ2) is 5.79. The highest BCUT2D eigenvalue weighted by Gasteiger charge is 2.58. The number of rotatable bonds is 2. The van der Waals surface area contributed by atoms with Crippen molar-refractivity contribution in [2.24, 2.45) is 28.6 Å². The van der Waals surface area contributed by atoms with E-state index < -0.39 is 8.32 Å². The Balaban J connectivity index is 1.57. The van der Waals surface area contributed by atoms with Gasteiger partial charge in [-0.1, -0.05) is 25.5 Å². The van der Waals surface area contributed by atoms with Crippen LogP contribution in [-0.4, -0.2) is 20.2 Å². The molecule has 3 heteroatoms. The van der Waals surface area contributed by atoms with E-state index in [-0.39, 0.29) is 5.41 Å². The van der Waals surface area contributed by atoms with Gasteiger partial charge < -0.3 is 4.43 Å². The molecule has 140 valence electrons. The lowest BCUT2D eigenvalue weighted by Crippen LogP contribution is -2.51. The number of hydrogen-bond acceptors (Lipinski definition) is 2. The first kappa shape index (κ1) is 18.0.